The lowest BCUT2D eigenvalue weighted by atomic mass is 9.96. The highest BCUT2D eigenvalue weighted by Crippen LogP contribution is 2.27. The molecule has 8 N–H and O–H groups in total. The van der Waals surface area contributed by atoms with Crippen LogP contribution in [0.3, 0.4) is 0 Å². The highest BCUT2D eigenvalue weighted by Gasteiger charge is 2.22. The van der Waals surface area contributed by atoms with Crippen molar-refractivity contribution in [3.05, 3.63) is 130 Å². The normalized spacial score (nSPS) is 16.1. The number of nitriles is 2. The van der Waals surface area contributed by atoms with Crippen LogP contribution in [-0.2, 0) is 16.0 Å². The van der Waals surface area contributed by atoms with E-state index >= 15 is 0 Å². The van der Waals surface area contributed by atoms with Crippen molar-refractivity contribution < 1.29 is 18.4 Å². The van der Waals surface area contributed by atoms with Crippen LogP contribution in [0.2, 0.25) is 0 Å². The fourth-order valence-corrected chi connectivity index (χ4v) is 6.76. The van der Waals surface area contributed by atoms with Crippen molar-refractivity contribution >= 4 is 69.0 Å². The van der Waals surface area contributed by atoms with Crippen LogP contribution < -0.4 is 32.7 Å². The molecule has 0 aromatic heterocycles. The summed E-state index contributed by atoms with van der Waals surface area (Å²) < 4.78 is 28.6. The minimum atomic E-state index is -0.889. The second kappa shape index (κ2) is 17.4. The van der Waals surface area contributed by atoms with E-state index in [1.165, 1.54) is 24.3 Å². The van der Waals surface area contributed by atoms with E-state index in [0.717, 1.165) is 23.5 Å². The molecular weight excluding hydrogens is 747 g/mol. The van der Waals surface area contributed by atoms with Crippen molar-refractivity contribution in [3.8, 4) is 12.1 Å². The lowest BCUT2D eigenvalue weighted by molar-refractivity contribution is -0.114. The molecule has 0 aliphatic carbocycles. The molecule has 4 aromatic carbocycles. The van der Waals surface area contributed by atoms with Gasteiger partial charge >= 0.3 is 0 Å². The number of thioether (sulfide) groups is 2. The van der Waals surface area contributed by atoms with Crippen LogP contribution in [0.5, 0.6) is 0 Å². The minimum absolute atomic E-state index is 0.0393. The van der Waals surface area contributed by atoms with Gasteiger partial charge in [0.15, 0.2) is 34.6 Å². The molecule has 2 aliphatic heterocycles. The van der Waals surface area contributed by atoms with Crippen molar-refractivity contribution in [2.45, 2.75) is 18.8 Å². The molecule has 55 heavy (non-hydrogen) atoms. The molecule has 2 aliphatic rings. The molecule has 2 heterocycles. The molecule has 0 saturated heterocycles. The summed E-state index contributed by atoms with van der Waals surface area (Å²) in [4.78, 5) is 42.6. The van der Waals surface area contributed by atoms with Gasteiger partial charge in [-0.2, -0.15) is 10.5 Å². The van der Waals surface area contributed by atoms with Gasteiger partial charge in [-0.3, -0.25) is 9.59 Å². The predicted octanol–water partition coefficient (Wildman–Crippen LogP) is 4.59. The zero-order valence-electron chi connectivity index (χ0n) is 28.6. The Bertz CT molecular complexity index is 2210. The average molecular weight is 777 g/mol. The average Bonchev–Trinajstić information content (AvgIpc) is 3.17. The maximum Gasteiger partial charge on any atom is 0.234 e. The molecule has 0 bridgehead atoms. The van der Waals surface area contributed by atoms with E-state index in [0.29, 0.717) is 44.0 Å². The Morgan fingerprint density at radius 1 is 0.673 bits per heavy atom. The van der Waals surface area contributed by atoms with E-state index in [9.17, 15) is 28.9 Å². The third-order valence-electron chi connectivity index (χ3n) is 7.93. The number of amidine groups is 2. The minimum Gasteiger partial charge on any atom is -0.370 e. The van der Waals surface area contributed by atoms with Crippen molar-refractivity contribution in [3.63, 3.8) is 0 Å². The molecule has 2 atom stereocenters. The molecule has 14 nitrogen and oxygen atoms in total. The zero-order valence-corrected chi connectivity index (χ0v) is 30.2. The van der Waals surface area contributed by atoms with Crippen LogP contribution in [0.1, 0.15) is 45.7 Å². The van der Waals surface area contributed by atoms with Gasteiger partial charge in [0.05, 0.1) is 34.8 Å². The molecule has 0 fully saturated rings. The summed E-state index contributed by atoms with van der Waals surface area (Å²) in [6.07, 6.45) is -1.55. The number of nitrogens with zero attached hydrogens (tertiary/aromatic N) is 6. The van der Waals surface area contributed by atoms with Gasteiger partial charge in [-0.05, 0) is 47.5 Å². The first-order chi connectivity index (χ1) is 26.6. The smallest absolute Gasteiger partial charge is 0.234 e. The number of aliphatic imine (C=N–C) groups is 4. The third-order valence-corrected chi connectivity index (χ3v) is 9.70. The largest absolute Gasteiger partial charge is 0.370 e. The van der Waals surface area contributed by atoms with E-state index in [-0.39, 0.29) is 52.8 Å². The van der Waals surface area contributed by atoms with Crippen molar-refractivity contribution in [2.24, 2.45) is 31.4 Å². The Hall–Kier alpha value is -6.76. The van der Waals surface area contributed by atoms with Crippen LogP contribution in [0.25, 0.3) is 0 Å². The SMILES string of the molecule is N#Cc1cc(NC(=O)CSC2=NC(c3ccccc3F)N=C(N)N2)ccc1Cc1ccc(NC(=O)CSC2=NC(c3ccccc3F)N=C(N)N2)cc1C#N. The number of carbonyl (C=O) groups excluding carboxylic acids is 2. The Balaban J connectivity index is 1.03. The number of hydrogen-bond acceptors (Lipinski definition) is 14. The second-order valence-electron chi connectivity index (χ2n) is 11.8. The van der Waals surface area contributed by atoms with E-state index in [2.05, 4.69) is 53.4 Å². The van der Waals surface area contributed by atoms with Gasteiger partial charge in [0.1, 0.15) is 11.6 Å². The Kier molecular flexibility index (Phi) is 12.0. The van der Waals surface area contributed by atoms with Crippen LogP contribution >= 0.6 is 23.5 Å². The monoisotopic (exact) mass is 776 g/mol. The number of nitrogens with two attached hydrogens (primary N) is 2. The molecule has 276 valence electrons. The van der Waals surface area contributed by atoms with Gasteiger partial charge in [-0.25, -0.2) is 28.8 Å². The summed E-state index contributed by atoms with van der Waals surface area (Å²) in [5, 5.41) is 31.5. The van der Waals surface area contributed by atoms with Crippen LogP contribution in [0, 0.1) is 34.3 Å². The van der Waals surface area contributed by atoms with E-state index in [1.807, 2.05) is 0 Å². The second-order valence-corrected chi connectivity index (χ2v) is 13.7. The lowest BCUT2D eigenvalue weighted by Gasteiger charge is -2.19. The Labute approximate surface area is 321 Å². The van der Waals surface area contributed by atoms with Crippen LogP contribution in [-0.4, -0.2) is 45.6 Å². The molecule has 2 unspecified atom stereocenters. The molecular formula is C37H30F2N12O2S2. The predicted molar refractivity (Wildman–Crippen MR) is 210 cm³/mol. The highest BCUT2D eigenvalue weighted by molar-refractivity contribution is 8.14. The van der Waals surface area contributed by atoms with Crippen molar-refractivity contribution in [1.29, 1.82) is 10.5 Å². The number of hydrogen-bond donors (Lipinski definition) is 6. The number of nitrogens with one attached hydrogen (secondary N) is 4. The maximum absolute atomic E-state index is 14.3. The number of guanidine groups is 2. The molecule has 4 aromatic rings. The molecule has 0 radical (unpaired) electrons. The summed E-state index contributed by atoms with van der Waals surface area (Å²) in [5.74, 6) is -1.77. The van der Waals surface area contributed by atoms with Gasteiger partial charge in [0.25, 0.3) is 0 Å². The molecule has 6 rings (SSSR count). The lowest BCUT2D eigenvalue weighted by Crippen LogP contribution is -2.39. The molecule has 0 spiro atoms. The van der Waals surface area contributed by atoms with E-state index in [1.54, 1.807) is 60.7 Å². The van der Waals surface area contributed by atoms with Crippen LogP contribution in [0.4, 0.5) is 20.2 Å². The fourth-order valence-electron chi connectivity index (χ4n) is 5.38. The van der Waals surface area contributed by atoms with E-state index in [4.69, 9.17) is 11.5 Å². The summed E-state index contributed by atoms with van der Waals surface area (Å²) in [6.45, 7) is 0. The first kappa shape index (κ1) is 38.0. The number of rotatable bonds is 10. The standard InChI is InChI=1S/C37H30F2N12O2S2/c38-28-7-3-1-5-26(28)32-46-34(42)50-36(48-32)54-18-30(52)44-24-11-9-20(22(14-24)16-40)13-21-10-12-25(15-23(21)17-41)45-31(53)19-55-37-49-33(47-35(43)51-37)27-6-2-4-8-29(27)39/h1-12,14-15,32-33H,13,18-19H2,(H,44,52)(H,45,53)(H3,42,46,48,50)(H3,43,47,49,51). The first-order valence-electron chi connectivity index (χ1n) is 16.3. The number of halogens is 2. The topological polar surface area (TPSA) is 231 Å². The summed E-state index contributed by atoms with van der Waals surface area (Å²) in [7, 11) is 0. The summed E-state index contributed by atoms with van der Waals surface area (Å²) >= 11 is 2.11. The first-order valence-corrected chi connectivity index (χ1v) is 18.3. The fraction of sp³-hybridized carbons (Fsp3) is 0.135. The summed E-state index contributed by atoms with van der Waals surface area (Å²) in [5.41, 5.74) is 14.8. The molecule has 2 amide bonds. The number of carbonyl (C=O) groups is 2. The van der Waals surface area contributed by atoms with Gasteiger partial charge < -0.3 is 32.7 Å². The number of anilines is 2. The van der Waals surface area contributed by atoms with Crippen molar-refractivity contribution in [1.82, 2.24) is 10.6 Å². The molecule has 0 saturated carbocycles. The van der Waals surface area contributed by atoms with Gasteiger partial charge in [0, 0.05) is 28.9 Å². The number of benzene rings is 4. The maximum atomic E-state index is 14.3. The van der Waals surface area contributed by atoms with Gasteiger partial charge in [-0.1, -0.05) is 72.1 Å². The van der Waals surface area contributed by atoms with Crippen molar-refractivity contribution in [2.75, 3.05) is 22.1 Å². The van der Waals surface area contributed by atoms with Crippen LogP contribution in [0.15, 0.2) is 105 Å². The zero-order chi connectivity index (χ0) is 38.9. The highest BCUT2D eigenvalue weighted by atomic mass is 32.2. The Morgan fingerprint density at radius 2 is 1.09 bits per heavy atom. The number of amides is 2. The van der Waals surface area contributed by atoms with Gasteiger partial charge in [0.2, 0.25) is 11.8 Å². The van der Waals surface area contributed by atoms with Gasteiger partial charge in [-0.15, -0.1) is 0 Å². The third kappa shape index (κ3) is 9.82. The molecule has 18 heteroatoms. The quantitative estimate of drug-likeness (QED) is 0.131. The van der Waals surface area contributed by atoms with E-state index < -0.39 is 24.0 Å². The summed E-state index contributed by atoms with van der Waals surface area (Å²) in [6, 6.07) is 26.2. The Morgan fingerprint density at radius 3 is 1.49 bits per heavy atom.